The van der Waals surface area contributed by atoms with Crippen LogP contribution < -0.4 is 41.7 Å². The minimum atomic E-state index is -0.747. The second-order valence-corrected chi connectivity index (χ2v) is 32.3. The van der Waals surface area contributed by atoms with Crippen molar-refractivity contribution in [1.82, 2.24) is 35.1 Å². The first-order chi connectivity index (χ1) is 51.7. The summed E-state index contributed by atoms with van der Waals surface area (Å²) in [5.74, 6) is -0.901. The largest absolute Gasteiger partial charge is 0.399 e. The van der Waals surface area contributed by atoms with Crippen LogP contribution in [0, 0.1) is 105 Å². The zero-order valence-electron chi connectivity index (χ0n) is 60.8. The van der Waals surface area contributed by atoms with Gasteiger partial charge in [-0.1, -0.05) is 0 Å². The molecule has 0 aliphatic carbocycles. The third-order valence-electron chi connectivity index (χ3n) is 22.6. The van der Waals surface area contributed by atoms with E-state index in [1.807, 2.05) is 30.3 Å². The predicted octanol–water partition coefficient (Wildman–Crippen LogP) is 10.5. The van der Waals surface area contributed by atoms with E-state index in [0.717, 1.165) is 166 Å². The van der Waals surface area contributed by atoms with Gasteiger partial charge >= 0.3 is 0 Å². The van der Waals surface area contributed by atoms with Crippen molar-refractivity contribution in [3.8, 4) is 24.3 Å². The number of anilines is 8. The van der Waals surface area contributed by atoms with Gasteiger partial charge in [-0.2, -0.15) is 31.0 Å². The molecule has 4 aromatic carbocycles. The number of benzene rings is 4. The Labute approximate surface area is 629 Å². The third-order valence-corrected chi connectivity index (χ3v) is 22.8. The number of ether oxygens (including phenoxy) is 4. The molecule has 0 amide bonds. The molecule has 28 nitrogen and oxygen atoms in total. The quantitative estimate of drug-likeness (QED) is 0.0348. The molecule has 2 aromatic heterocycles. The summed E-state index contributed by atoms with van der Waals surface area (Å²) in [5, 5.41) is 70.0. The van der Waals surface area contributed by atoms with E-state index in [2.05, 4.69) is 106 Å². The van der Waals surface area contributed by atoms with Gasteiger partial charge in [0.15, 0.2) is 23.3 Å². The number of piperidine rings is 2. The van der Waals surface area contributed by atoms with E-state index in [1.165, 1.54) is 69.7 Å². The molecule has 1 unspecified atom stereocenters. The minimum absolute atomic E-state index is 0.0440. The normalized spacial score (nSPS) is 23.6. The molecule has 0 bridgehead atoms. The number of rotatable bonds is 11. The highest BCUT2D eigenvalue weighted by molar-refractivity contribution is 6.28. The first-order valence-electron chi connectivity index (χ1n) is 36.4. The lowest BCUT2D eigenvalue weighted by Crippen LogP contribution is -2.66. The van der Waals surface area contributed by atoms with Crippen molar-refractivity contribution < 1.29 is 42.0 Å². The van der Waals surface area contributed by atoms with E-state index in [-0.39, 0.29) is 67.8 Å². The maximum Gasteiger partial charge on any atom is 0.270 e. The van der Waals surface area contributed by atoms with Crippen LogP contribution in [0.15, 0.2) is 85.2 Å². The van der Waals surface area contributed by atoms with Crippen molar-refractivity contribution in [2.24, 2.45) is 21.7 Å². The molecule has 18 rings (SSSR count). The van der Waals surface area contributed by atoms with E-state index >= 15 is 0 Å². The number of nitrogen functional groups attached to an aromatic ring is 1. The van der Waals surface area contributed by atoms with Gasteiger partial charge in [0.25, 0.3) is 11.4 Å². The first kappa shape index (κ1) is 76.4. The number of nitro groups is 2. The summed E-state index contributed by atoms with van der Waals surface area (Å²) in [7, 11) is 0. The number of hydrogen-bond acceptors (Lipinski definition) is 26. The van der Waals surface area contributed by atoms with Crippen molar-refractivity contribution in [1.29, 1.82) is 21.0 Å². The van der Waals surface area contributed by atoms with Gasteiger partial charge < -0.3 is 60.6 Å². The van der Waals surface area contributed by atoms with Gasteiger partial charge in [-0.15, -0.1) is 0 Å². The number of nitrogens with two attached hydrogens (primary N) is 1. The number of non-ortho nitro benzene ring substituents is 2. The summed E-state index contributed by atoms with van der Waals surface area (Å²) in [6, 6.07) is 28.0. The highest BCUT2D eigenvalue weighted by Crippen LogP contribution is 2.46. The highest BCUT2D eigenvalue weighted by atomic mass is 35.5. The summed E-state index contributed by atoms with van der Waals surface area (Å²) in [6.45, 7) is 26.2. The molecule has 0 saturated carbocycles. The van der Waals surface area contributed by atoms with Crippen molar-refractivity contribution in [3.63, 3.8) is 0 Å². The number of aromatic nitrogens is 4. The zero-order chi connectivity index (χ0) is 76.3. The maximum atomic E-state index is 14.6. The SMILES string of the molecule is C1NCC12COC2.CC1(C)CC(Nc2nc(Cl)ncc2F)C[C@@H]2CCCN21.CC1(C)C[C@H](Nc2nc(Nc3ccc(N4CC5(COC5)C4)c(C#N)c3)ncc2F)C[C@@H]2CCCN21.N#Cc1cc(N)ccc1N1CC2(COC2)C1.N#Cc1cc([N+](=O)[O-])ccc1F.N#Cc1cc([N+](=O)[O-])ccc1N1CC2(COC2)C1. The van der Waals surface area contributed by atoms with Crippen LogP contribution in [0.5, 0.6) is 0 Å². The summed E-state index contributed by atoms with van der Waals surface area (Å²) in [5.41, 5.74) is 12.4. The first-order valence-corrected chi connectivity index (χ1v) is 36.8. The van der Waals surface area contributed by atoms with E-state index in [4.69, 9.17) is 52.1 Å². The molecular formula is C76H88ClF3N20O8. The second kappa shape index (κ2) is 31.4. The van der Waals surface area contributed by atoms with Crippen molar-refractivity contribution in [3.05, 3.63) is 150 Å². The lowest BCUT2D eigenvalue weighted by atomic mass is 9.77. The van der Waals surface area contributed by atoms with E-state index < -0.39 is 27.3 Å². The fourth-order valence-corrected chi connectivity index (χ4v) is 17.1. The second-order valence-electron chi connectivity index (χ2n) is 32.0. The number of nitrogens with one attached hydrogen (secondary N) is 4. The van der Waals surface area contributed by atoms with Crippen molar-refractivity contribution in [2.75, 3.05) is 155 Å². The Morgan fingerprint density at radius 2 is 0.972 bits per heavy atom. The van der Waals surface area contributed by atoms with E-state index in [1.54, 1.807) is 18.2 Å². The topological polar surface area (TPSA) is 360 Å². The van der Waals surface area contributed by atoms with Crippen LogP contribution in [-0.4, -0.2) is 193 Å². The average molecular weight is 1500 g/mol. The third kappa shape index (κ3) is 16.7. The van der Waals surface area contributed by atoms with Gasteiger partial charge in [0.1, 0.15) is 30.1 Å². The molecule has 568 valence electrons. The molecule has 0 radical (unpaired) electrons. The number of nitrogens with zero attached hydrogens (tertiary/aromatic N) is 15. The summed E-state index contributed by atoms with van der Waals surface area (Å²) < 4.78 is 61.8. The van der Waals surface area contributed by atoms with Crippen molar-refractivity contribution in [2.45, 2.75) is 114 Å². The Kier molecular flexibility index (Phi) is 22.2. The number of hydrogen-bond donors (Lipinski definition) is 5. The molecule has 14 heterocycles. The number of fused-ring (bicyclic) bond motifs is 2. The molecule has 6 N–H and O–H groups in total. The van der Waals surface area contributed by atoms with Gasteiger partial charge in [0.2, 0.25) is 11.2 Å². The lowest BCUT2D eigenvalue weighted by Gasteiger charge is -2.56. The van der Waals surface area contributed by atoms with Crippen LogP contribution in [-0.2, 0) is 18.9 Å². The molecule has 32 heteroatoms. The van der Waals surface area contributed by atoms with Crippen molar-refractivity contribution >= 4 is 69.0 Å². The Hall–Kier alpha value is -9.80. The van der Waals surface area contributed by atoms with Gasteiger partial charge in [0.05, 0.1) is 131 Å². The Morgan fingerprint density at radius 1 is 0.556 bits per heavy atom. The minimum Gasteiger partial charge on any atom is -0.399 e. The fourth-order valence-electron chi connectivity index (χ4n) is 16.9. The molecule has 6 aromatic rings. The van der Waals surface area contributed by atoms with E-state index in [0.29, 0.717) is 56.9 Å². The van der Waals surface area contributed by atoms with Gasteiger partial charge in [-0.3, -0.25) is 30.0 Å². The summed E-state index contributed by atoms with van der Waals surface area (Å²) in [6.07, 6.45) is 11.2. The monoisotopic (exact) mass is 1500 g/mol. The average Bonchev–Trinajstić information content (AvgIpc) is 0.960. The van der Waals surface area contributed by atoms with Gasteiger partial charge in [0, 0.05) is 129 Å². The Balaban J connectivity index is 0.000000122. The molecule has 12 aliphatic heterocycles. The molecule has 12 aliphatic rings. The molecule has 12 saturated heterocycles. The number of halogens is 4. The van der Waals surface area contributed by atoms with Crippen LogP contribution in [0.25, 0.3) is 0 Å². The van der Waals surface area contributed by atoms with Crippen LogP contribution in [0.2, 0.25) is 5.28 Å². The summed E-state index contributed by atoms with van der Waals surface area (Å²) >= 11 is 5.74. The van der Waals surface area contributed by atoms with Crippen LogP contribution >= 0.6 is 11.6 Å². The van der Waals surface area contributed by atoms with Gasteiger partial charge in [-0.05, 0) is 152 Å². The molecule has 108 heavy (non-hydrogen) atoms. The Bertz CT molecular complexity index is 4490. The van der Waals surface area contributed by atoms with Gasteiger partial charge in [-0.25, -0.2) is 23.1 Å². The summed E-state index contributed by atoms with van der Waals surface area (Å²) in [4.78, 5) is 47.5. The zero-order valence-corrected chi connectivity index (χ0v) is 61.6. The molecule has 4 spiro atoms. The van der Waals surface area contributed by atoms with Crippen LogP contribution in [0.1, 0.15) is 101 Å². The smallest absolute Gasteiger partial charge is 0.270 e. The highest BCUT2D eigenvalue weighted by Gasteiger charge is 2.52. The fraction of sp³-hybridized carbons (Fsp3) is 0.526. The van der Waals surface area contributed by atoms with E-state index in [9.17, 15) is 38.7 Å². The van der Waals surface area contributed by atoms with Crippen LogP contribution in [0.3, 0.4) is 0 Å². The molecular weight excluding hydrogens is 1410 g/mol. The Morgan fingerprint density at radius 3 is 1.40 bits per heavy atom. The van der Waals surface area contributed by atoms with Crippen LogP contribution in [0.4, 0.5) is 70.6 Å². The number of nitro benzene ring substituents is 2. The molecule has 12 fully saturated rings. The predicted molar refractivity (Wildman–Crippen MR) is 398 cm³/mol. The standard InChI is InChI=1S/C26H32FN7O.C14H20ClFN4.C12H11N3O3.C12H13N3O.C7H3FN2O2.C5H9NO/c1-25(2)10-19(9-20-4-3-7-34(20)25)30-23-21(27)12-29-24(32-23)31-18-5-6-22(17(8-18)11-28)33-13-26(14-33)15-35-16-26;1-14(2)7-9(6-10-4-3-5-20(10)14)18-12-11(16)8-17-13(15)19-12;13-4-9-3-10(15(16)17)1-2-11(9)14-5-12(6-14)7-18-8-12;13-4-9-3-10(14)1-2-11(9)15-5-12(6-15)7-16-8-12;8-7-2-1-6(10(11)12)3-5(7)4-9;1-5(2-6-1)3-7-4-5/h5-6,8,12,19-20H,3-4,7,9-10,13-16H2,1-2H3,(H2,29,30,31,32);8-10H,3-7H2,1-2H3,(H,17,18,19);1-3H,5-8H2;1-3H,5-8,14H2;1-3H;6H,1-4H2/t19-,20+;9?,10-;;;;/m10..../s1. The number of nitriles is 4. The molecule has 4 atom stereocenters. The lowest BCUT2D eigenvalue weighted by molar-refractivity contribution is -0.385. The maximum absolute atomic E-state index is 14.6.